The maximum atomic E-state index is 14.3. The summed E-state index contributed by atoms with van der Waals surface area (Å²) in [6.07, 6.45) is 1.79. The molecule has 2 saturated heterocycles. The number of halogens is 1. The number of nitrogens with one attached hydrogen (secondary N) is 1. The summed E-state index contributed by atoms with van der Waals surface area (Å²) in [5, 5.41) is 4.17. The fourth-order valence-corrected chi connectivity index (χ4v) is 5.69. The third kappa shape index (κ3) is 6.27. The monoisotopic (exact) mass is 599 g/mol. The molecular formula is C28H30FN5O7S. The number of anilines is 2. The van der Waals surface area contributed by atoms with Crippen LogP contribution in [0.15, 0.2) is 24.5 Å². The van der Waals surface area contributed by atoms with Crippen LogP contribution in [-0.2, 0) is 19.2 Å². The fourth-order valence-electron chi connectivity index (χ4n) is 4.67. The van der Waals surface area contributed by atoms with Crippen molar-refractivity contribution in [1.29, 1.82) is 0 Å². The molecule has 2 aliphatic rings. The number of fused-ring (bicyclic) bond motifs is 1. The second kappa shape index (κ2) is 11.5. The molecule has 14 heteroatoms. The van der Waals surface area contributed by atoms with Crippen molar-refractivity contribution in [3.05, 3.63) is 40.8 Å². The van der Waals surface area contributed by atoms with E-state index in [1.165, 1.54) is 24.5 Å². The standard InChI is InChI=1S/C28H30FN5O7S/c1-15-22-24(30-14-31-25(22)42-23(15)26(37)41-34-20(35)9-10-21(34)36)32-18-8-7-16(29)12-19(18)39-17-6-5-11-33(13-17)27(38)40-28(2,3)4/h7-8,12,14,17H,5-6,9-11,13H2,1-4H3,(H,30,31,32)/t17-/m0/s1. The molecule has 0 aliphatic carbocycles. The van der Waals surface area contributed by atoms with Gasteiger partial charge in [0, 0.05) is 25.5 Å². The van der Waals surface area contributed by atoms with E-state index in [1.807, 2.05) is 0 Å². The first kappa shape index (κ1) is 29.2. The van der Waals surface area contributed by atoms with Crippen LogP contribution in [0.3, 0.4) is 0 Å². The molecule has 12 nitrogen and oxygen atoms in total. The van der Waals surface area contributed by atoms with Crippen LogP contribution in [0.25, 0.3) is 10.2 Å². The Morgan fingerprint density at radius 3 is 2.60 bits per heavy atom. The lowest BCUT2D eigenvalue weighted by Gasteiger charge is -2.34. The lowest BCUT2D eigenvalue weighted by atomic mass is 10.1. The maximum Gasteiger partial charge on any atom is 0.410 e. The maximum absolute atomic E-state index is 14.3. The molecule has 0 radical (unpaired) electrons. The van der Waals surface area contributed by atoms with Gasteiger partial charge in [-0.2, -0.15) is 0 Å². The molecule has 5 rings (SSSR count). The fraction of sp³-hybridized carbons (Fsp3) is 0.429. The van der Waals surface area contributed by atoms with E-state index >= 15 is 0 Å². The molecule has 3 aromatic rings. The zero-order valence-electron chi connectivity index (χ0n) is 23.6. The number of piperidine rings is 1. The molecule has 2 aliphatic heterocycles. The number of likely N-dealkylation sites (tertiary alicyclic amines) is 1. The number of carbonyl (C=O) groups is 4. The van der Waals surface area contributed by atoms with Gasteiger partial charge in [0.05, 0.1) is 17.6 Å². The lowest BCUT2D eigenvalue weighted by molar-refractivity contribution is -0.172. The second-order valence-corrected chi connectivity index (χ2v) is 12.0. The van der Waals surface area contributed by atoms with E-state index in [2.05, 4.69) is 15.3 Å². The molecular weight excluding hydrogens is 569 g/mol. The predicted molar refractivity (Wildman–Crippen MR) is 150 cm³/mol. The van der Waals surface area contributed by atoms with Gasteiger partial charge >= 0.3 is 12.1 Å². The first-order valence-corrected chi connectivity index (χ1v) is 14.2. The van der Waals surface area contributed by atoms with Crippen molar-refractivity contribution in [2.45, 2.75) is 65.1 Å². The van der Waals surface area contributed by atoms with Gasteiger partial charge in [0.1, 0.15) is 45.1 Å². The van der Waals surface area contributed by atoms with Crippen molar-refractivity contribution in [3.8, 4) is 5.75 Å². The second-order valence-electron chi connectivity index (χ2n) is 11.0. The summed E-state index contributed by atoms with van der Waals surface area (Å²) in [6, 6.07) is 4.03. The van der Waals surface area contributed by atoms with E-state index in [0.717, 1.165) is 11.3 Å². The molecule has 0 unspecified atom stereocenters. The summed E-state index contributed by atoms with van der Waals surface area (Å²) >= 11 is 1.03. The molecule has 2 aromatic heterocycles. The number of ether oxygens (including phenoxy) is 2. The van der Waals surface area contributed by atoms with Gasteiger partial charge in [-0.1, -0.05) is 0 Å². The molecule has 222 valence electrons. The van der Waals surface area contributed by atoms with Crippen LogP contribution < -0.4 is 10.1 Å². The van der Waals surface area contributed by atoms with Crippen LogP contribution in [0, 0.1) is 12.7 Å². The first-order chi connectivity index (χ1) is 19.9. The topological polar surface area (TPSA) is 140 Å². The number of aromatic nitrogens is 2. The highest BCUT2D eigenvalue weighted by molar-refractivity contribution is 7.20. The Morgan fingerprint density at radius 1 is 1.14 bits per heavy atom. The van der Waals surface area contributed by atoms with E-state index in [4.69, 9.17) is 14.3 Å². The van der Waals surface area contributed by atoms with Gasteiger partial charge in [0.15, 0.2) is 0 Å². The Kier molecular flexibility index (Phi) is 7.99. The van der Waals surface area contributed by atoms with Crippen molar-refractivity contribution in [2.75, 3.05) is 18.4 Å². The number of hydrogen-bond donors (Lipinski definition) is 1. The first-order valence-electron chi connectivity index (χ1n) is 13.4. The molecule has 3 amide bonds. The minimum atomic E-state index is -0.859. The SMILES string of the molecule is Cc1c(C(=O)ON2C(=O)CCC2=O)sc2ncnc(Nc3ccc(F)cc3O[C@H]3CCCN(C(=O)OC(C)(C)C)C3)c12. The summed E-state index contributed by atoms with van der Waals surface area (Å²) in [6.45, 7) is 7.88. The normalized spacial score (nSPS) is 17.5. The largest absolute Gasteiger partial charge is 0.486 e. The minimum Gasteiger partial charge on any atom is -0.486 e. The molecule has 1 aromatic carbocycles. The van der Waals surface area contributed by atoms with Crippen LogP contribution in [0.4, 0.5) is 20.7 Å². The van der Waals surface area contributed by atoms with Crippen LogP contribution in [0.1, 0.15) is 61.7 Å². The molecule has 1 N–H and O–H groups in total. The summed E-state index contributed by atoms with van der Waals surface area (Å²) in [5.41, 5.74) is 0.258. The van der Waals surface area contributed by atoms with Crippen molar-refractivity contribution < 1.29 is 37.9 Å². The highest BCUT2D eigenvalue weighted by Crippen LogP contribution is 2.37. The van der Waals surface area contributed by atoms with Crippen molar-refractivity contribution in [2.24, 2.45) is 0 Å². The van der Waals surface area contributed by atoms with Gasteiger partial charge < -0.3 is 24.5 Å². The quantitative estimate of drug-likeness (QED) is 0.390. The summed E-state index contributed by atoms with van der Waals surface area (Å²) in [7, 11) is 0. The zero-order chi connectivity index (χ0) is 30.2. The minimum absolute atomic E-state index is 0.0149. The number of amides is 3. The zero-order valence-corrected chi connectivity index (χ0v) is 24.4. The third-order valence-corrected chi connectivity index (χ3v) is 7.79. The molecule has 0 spiro atoms. The van der Waals surface area contributed by atoms with Crippen LogP contribution >= 0.6 is 11.3 Å². The number of hydrogen-bond acceptors (Lipinski definition) is 11. The Bertz CT molecular complexity index is 1550. The van der Waals surface area contributed by atoms with Crippen molar-refractivity contribution >= 4 is 56.9 Å². The number of hydroxylamine groups is 2. The van der Waals surface area contributed by atoms with E-state index in [9.17, 15) is 23.6 Å². The van der Waals surface area contributed by atoms with E-state index < -0.39 is 41.4 Å². The van der Waals surface area contributed by atoms with Gasteiger partial charge in [0.25, 0.3) is 11.8 Å². The number of aryl methyl sites for hydroxylation is 1. The number of nitrogens with zero attached hydrogens (tertiary/aromatic N) is 4. The number of imide groups is 1. The molecule has 0 saturated carbocycles. The number of carbonyl (C=O) groups excluding carboxylic acids is 4. The molecule has 2 fully saturated rings. The Hall–Kier alpha value is -4.33. The number of rotatable bonds is 6. The Balaban J connectivity index is 1.37. The number of thiophene rings is 1. The number of benzene rings is 1. The average Bonchev–Trinajstić information content (AvgIpc) is 3.43. The summed E-state index contributed by atoms with van der Waals surface area (Å²) in [5.74, 6) is -1.97. The Morgan fingerprint density at radius 2 is 1.88 bits per heavy atom. The Labute approximate surface area is 244 Å². The molecule has 42 heavy (non-hydrogen) atoms. The van der Waals surface area contributed by atoms with Gasteiger partial charge in [-0.15, -0.1) is 16.4 Å². The van der Waals surface area contributed by atoms with Gasteiger partial charge in [0.2, 0.25) is 0 Å². The van der Waals surface area contributed by atoms with Gasteiger partial charge in [-0.25, -0.2) is 23.9 Å². The third-order valence-electron chi connectivity index (χ3n) is 6.61. The van der Waals surface area contributed by atoms with E-state index in [1.54, 1.807) is 32.6 Å². The van der Waals surface area contributed by atoms with Crippen LogP contribution in [0.2, 0.25) is 0 Å². The smallest absolute Gasteiger partial charge is 0.410 e. The molecule has 4 heterocycles. The van der Waals surface area contributed by atoms with Crippen LogP contribution in [0.5, 0.6) is 5.75 Å². The average molecular weight is 600 g/mol. The van der Waals surface area contributed by atoms with Crippen LogP contribution in [-0.4, -0.2) is 68.6 Å². The predicted octanol–water partition coefficient (Wildman–Crippen LogP) is 4.88. The highest BCUT2D eigenvalue weighted by Gasteiger charge is 2.34. The lowest BCUT2D eigenvalue weighted by Crippen LogP contribution is -2.46. The van der Waals surface area contributed by atoms with E-state index in [0.29, 0.717) is 51.7 Å². The molecule has 1 atom stereocenters. The highest BCUT2D eigenvalue weighted by atomic mass is 32.1. The summed E-state index contributed by atoms with van der Waals surface area (Å²) in [4.78, 5) is 65.2. The van der Waals surface area contributed by atoms with Gasteiger partial charge in [-0.05, 0) is 58.2 Å². The van der Waals surface area contributed by atoms with Gasteiger partial charge in [-0.3, -0.25) is 9.59 Å². The molecule has 0 bridgehead atoms. The van der Waals surface area contributed by atoms with Crippen molar-refractivity contribution in [3.63, 3.8) is 0 Å². The van der Waals surface area contributed by atoms with Crippen molar-refractivity contribution in [1.82, 2.24) is 19.9 Å². The van der Waals surface area contributed by atoms with E-state index in [-0.39, 0.29) is 30.0 Å². The summed E-state index contributed by atoms with van der Waals surface area (Å²) < 4.78 is 26.0.